The highest BCUT2D eigenvalue weighted by Gasteiger charge is 2.55. The molecule has 2 aromatic carbocycles. The lowest BCUT2D eigenvalue weighted by atomic mass is 9.91. The molecule has 0 spiro atoms. The molecule has 2 aromatic rings. The predicted octanol–water partition coefficient (Wildman–Crippen LogP) is 3.72. The zero-order valence-corrected chi connectivity index (χ0v) is 11.9. The van der Waals surface area contributed by atoms with Crippen molar-refractivity contribution in [1.82, 2.24) is 0 Å². The van der Waals surface area contributed by atoms with E-state index >= 15 is 0 Å². The highest BCUT2D eigenvalue weighted by atomic mass is 35.5. The average molecular weight is 326 g/mol. The van der Waals surface area contributed by atoms with Crippen molar-refractivity contribution in [1.29, 1.82) is 0 Å². The van der Waals surface area contributed by atoms with Gasteiger partial charge in [-0.05, 0) is 36.3 Å². The number of nitrogens with two attached hydrogens (primary N) is 1. The Hall–Kier alpha value is -2.16. The first-order chi connectivity index (χ1) is 10.2. The monoisotopic (exact) mass is 325 g/mol. The molecule has 1 atom stereocenters. The molecule has 0 aliphatic heterocycles. The Bertz CT molecular complexity index is 735. The summed E-state index contributed by atoms with van der Waals surface area (Å²) in [6.45, 7) is 0. The molecule has 0 bridgehead atoms. The number of hydrogen-bond donors (Lipinski definition) is 2. The topological polar surface area (TPSA) is 46.2 Å². The van der Waals surface area contributed by atoms with Crippen molar-refractivity contribution in [2.24, 2.45) is 0 Å². The summed E-state index contributed by atoms with van der Waals surface area (Å²) in [6, 6.07) is 11.5. The van der Waals surface area contributed by atoms with Gasteiger partial charge in [0.1, 0.15) is 0 Å². The van der Waals surface area contributed by atoms with Crippen molar-refractivity contribution < 1.29 is 18.3 Å². The third-order valence-electron chi connectivity index (χ3n) is 2.98. The lowest BCUT2D eigenvalue weighted by molar-refractivity contribution is -0.240. The molecule has 2 nitrogen and oxygen atoms in total. The Labute approximate surface area is 130 Å². The van der Waals surface area contributed by atoms with Crippen LogP contribution in [0.1, 0.15) is 11.1 Å². The van der Waals surface area contributed by atoms with E-state index in [1.165, 1.54) is 24.3 Å². The van der Waals surface area contributed by atoms with Gasteiger partial charge in [-0.2, -0.15) is 13.2 Å². The molecule has 0 aromatic heterocycles. The van der Waals surface area contributed by atoms with Crippen LogP contribution in [0.25, 0.3) is 0 Å². The second-order valence-electron chi connectivity index (χ2n) is 4.56. The SMILES string of the molecule is Nc1ccc(Cl)cc1C(O)(C#Cc1ccccc1)C(F)(F)F. The van der Waals surface area contributed by atoms with Crippen molar-refractivity contribution in [3.63, 3.8) is 0 Å². The van der Waals surface area contributed by atoms with Gasteiger partial charge in [-0.3, -0.25) is 0 Å². The molecule has 0 radical (unpaired) electrons. The Morgan fingerprint density at radius 1 is 1.05 bits per heavy atom. The lowest BCUT2D eigenvalue weighted by Gasteiger charge is -2.27. The third kappa shape index (κ3) is 3.19. The van der Waals surface area contributed by atoms with Crippen LogP contribution in [-0.2, 0) is 5.60 Å². The van der Waals surface area contributed by atoms with Crippen LogP contribution in [0.15, 0.2) is 48.5 Å². The summed E-state index contributed by atoms with van der Waals surface area (Å²) in [6.07, 6.45) is -5.03. The molecule has 0 fully saturated rings. The molecule has 22 heavy (non-hydrogen) atoms. The van der Waals surface area contributed by atoms with Gasteiger partial charge in [-0.25, -0.2) is 0 Å². The molecule has 0 saturated carbocycles. The maximum Gasteiger partial charge on any atom is 0.433 e. The Morgan fingerprint density at radius 3 is 2.27 bits per heavy atom. The fraction of sp³-hybridized carbons (Fsp3) is 0.125. The molecule has 2 rings (SSSR count). The summed E-state index contributed by atoms with van der Waals surface area (Å²) in [5.41, 5.74) is 1.66. The molecular formula is C16H11ClF3NO. The number of halogens is 4. The van der Waals surface area contributed by atoms with Crippen molar-refractivity contribution in [3.8, 4) is 11.8 Å². The first kappa shape index (κ1) is 16.2. The van der Waals surface area contributed by atoms with Crippen molar-refractivity contribution >= 4 is 17.3 Å². The van der Waals surface area contributed by atoms with E-state index in [-0.39, 0.29) is 10.7 Å². The van der Waals surface area contributed by atoms with Crippen LogP contribution in [0.4, 0.5) is 18.9 Å². The van der Waals surface area contributed by atoms with E-state index in [0.717, 1.165) is 6.07 Å². The van der Waals surface area contributed by atoms with Crippen LogP contribution in [0.3, 0.4) is 0 Å². The largest absolute Gasteiger partial charge is 0.433 e. The molecule has 6 heteroatoms. The van der Waals surface area contributed by atoms with Crippen LogP contribution in [-0.4, -0.2) is 11.3 Å². The van der Waals surface area contributed by atoms with Crippen molar-refractivity contribution in [2.75, 3.05) is 5.73 Å². The second-order valence-corrected chi connectivity index (χ2v) is 4.99. The number of hydrogen-bond acceptors (Lipinski definition) is 2. The molecular weight excluding hydrogens is 315 g/mol. The van der Waals surface area contributed by atoms with Gasteiger partial charge in [-0.15, -0.1) is 0 Å². The first-order valence-electron chi connectivity index (χ1n) is 6.17. The number of benzene rings is 2. The number of nitrogen functional groups attached to an aromatic ring is 1. The van der Waals surface area contributed by atoms with Gasteiger partial charge in [-0.1, -0.05) is 35.7 Å². The van der Waals surface area contributed by atoms with Gasteiger partial charge < -0.3 is 10.8 Å². The van der Waals surface area contributed by atoms with Crippen LogP contribution >= 0.6 is 11.6 Å². The minimum Gasteiger partial charge on any atom is -0.398 e. The van der Waals surface area contributed by atoms with Crippen molar-refractivity contribution in [3.05, 3.63) is 64.7 Å². The van der Waals surface area contributed by atoms with Crippen LogP contribution < -0.4 is 5.73 Å². The molecule has 114 valence electrons. The summed E-state index contributed by atoms with van der Waals surface area (Å²) in [5.74, 6) is 4.20. The molecule has 1 unspecified atom stereocenters. The standard InChI is InChI=1S/C16H11ClF3NO/c17-12-6-7-14(21)13(10-12)15(22,16(18,19)20)9-8-11-4-2-1-3-5-11/h1-7,10,22H,21H2. The Morgan fingerprint density at radius 2 is 1.68 bits per heavy atom. The van der Waals surface area contributed by atoms with Gasteiger partial charge in [0.15, 0.2) is 0 Å². The molecule has 0 amide bonds. The zero-order valence-electron chi connectivity index (χ0n) is 11.2. The van der Waals surface area contributed by atoms with Crippen LogP contribution in [0.5, 0.6) is 0 Å². The van der Waals surface area contributed by atoms with Crippen LogP contribution in [0, 0.1) is 11.8 Å². The second kappa shape index (κ2) is 5.91. The summed E-state index contributed by atoms with van der Waals surface area (Å²) in [5, 5.41) is 10.2. The number of rotatable bonds is 1. The normalized spacial score (nSPS) is 13.9. The van der Waals surface area contributed by atoms with E-state index in [0.29, 0.717) is 5.56 Å². The highest BCUT2D eigenvalue weighted by molar-refractivity contribution is 6.30. The van der Waals surface area contributed by atoms with Crippen molar-refractivity contribution in [2.45, 2.75) is 11.8 Å². The van der Waals surface area contributed by atoms with E-state index in [9.17, 15) is 18.3 Å². The minimum atomic E-state index is -5.03. The zero-order chi connectivity index (χ0) is 16.4. The van der Waals surface area contributed by atoms with Gasteiger partial charge in [0.25, 0.3) is 5.60 Å². The number of anilines is 1. The smallest absolute Gasteiger partial charge is 0.398 e. The maximum atomic E-state index is 13.4. The van der Waals surface area contributed by atoms with Crippen LogP contribution in [0.2, 0.25) is 5.02 Å². The highest BCUT2D eigenvalue weighted by Crippen LogP contribution is 2.41. The van der Waals surface area contributed by atoms with Gasteiger partial charge in [0.05, 0.1) is 0 Å². The average Bonchev–Trinajstić information content (AvgIpc) is 2.47. The predicted molar refractivity (Wildman–Crippen MR) is 79.1 cm³/mol. The molecule has 0 aliphatic rings. The van der Waals surface area contributed by atoms with Gasteiger partial charge >= 0.3 is 6.18 Å². The quantitative estimate of drug-likeness (QED) is 0.620. The third-order valence-corrected chi connectivity index (χ3v) is 3.21. The molecule has 0 heterocycles. The minimum absolute atomic E-state index is 0.0217. The Balaban J connectivity index is 2.60. The Kier molecular flexibility index (Phi) is 4.36. The van der Waals surface area contributed by atoms with Gasteiger partial charge in [0.2, 0.25) is 0 Å². The summed E-state index contributed by atoms with van der Waals surface area (Å²) in [4.78, 5) is 0. The lowest BCUT2D eigenvalue weighted by Crippen LogP contribution is -2.41. The van der Waals surface area contributed by atoms with Gasteiger partial charge in [0, 0.05) is 21.8 Å². The van der Waals surface area contributed by atoms with E-state index < -0.39 is 17.3 Å². The maximum absolute atomic E-state index is 13.4. The molecule has 3 N–H and O–H groups in total. The van der Waals surface area contributed by atoms with E-state index in [4.69, 9.17) is 17.3 Å². The number of aliphatic hydroxyl groups is 1. The van der Waals surface area contributed by atoms with E-state index in [2.05, 4.69) is 5.92 Å². The fourth-order valence-corrected chi connectivity index (χ4v) is 1.99. The summed E-state index contributed by atoms with van der Waals surface area (Å²) < 4.78 is 40.1. The van der Waals surface area contributed by atoms with E-state index in [1.54, 1.807) is 18.2 Å². The van der Waals surface area contributed by atoms with E-state index in [1.807, 2.05) is 5.92 Å². The fourth-order valence-electron chi connectivity index (χ4n) is 1.82. The molecule has 0 saturated heterocycles. The number of alkyl halides is 3. The first-order valence-corrected chi connectivity index (χ1v) is 6.54. The summed E-state index contributed by atoms with van der Waals surface area (Å²) >= 11 is 5.71. The molecule has 0 aliphatic carbocycles. The summed E-state index contributed by atoms with van der Waals surface area (Å²) in [7, 11) is 0.